The van der Waals surface area contributed by atoms with Gasteiger partial charge < -0.3 is 9.47 Å². The van der Waals surface area contributed by atoms with Crippen molar-refractivity contribution in [2.45, 2.75) is 18.9 Å². The summed E-state index contributed by atoms with van der Waals surface area (Å²) in [4.78, 5) is 22.8. The minimum atomic E-state index is -1.65. The molecular formula is C15H14ClNO4. The molecule has 0 saturated heterocycles. The van der Waals surface area contributed by atoms with Crippen molar-refractivity contribution in [1.29, 1.82) is 5.26 Å². The van der Waals surface area contributed by atoms with E-state index in [0.717, 1.165) is 0 Å². The summed E-state index contributed by atoms with van der Waals surface area (Å²) in [6.07, 6.45) is -0.197. The summed E-state index contributed by atoms with van der Waals surface area (Å²) in [5.41, 5.74) is -1.23. The number of rotatable bonds is 5. The van der Waals surface area contributed by atoms with Crippen LogP contribution in [0.4, 0.5) is 0 Å². The van der Waals surface area contributed by atoms with E-state index >= 15 is 0 Å². The molecule has 5 nitrogen and oxygen atoms in total. The molecule has 1 aromatic rings. The Morgan fingerprint density at radius 1 is 1.38 bits per heavy atom. The predicted octanol–water partition coefficient (Wildman–Crippen LogP) is 2.74. The number of nitrogens with zero attached hydrogens (tertiary/aromatic N) is 1. The van der Waals surface area contributed by atoms with E-state index < -0.39 is 17.5 Å². The average molecular weight is 308 g/mol. The normalized spacial score (nSPS) is 12.7. The zero-order chi connectivity index (χ0) is 16.0. The van der Waals surface area contributed by atoms with Crippen LogP contribution in [0.3, 0.4) is 0 Å². The van der Waals surface area contributed by atoms with Gasteiger partial charge in [0.1, 0.15) is 6.07 Å². The first-order valence-corrected chi connectivity index (χ1v) is 6.35. The Morgan fingerprint density at radius 3 is 2.38 bits per heavy atom. The average Bonchev–Trinajstić information content (AvgIpc) is 2.45. The van der Waals surface area contributed by atoms with Gasteiger partial charge in [0.05, 0.1) is 7.11 Å². The Labute approximate surface area is 127 Å². The molecule has 0 aliphatic heterocycles. The number of esters is 2. The largest absolute Gasteiger partial charge is 0.466 e. The van der Waals surface area contributed by atoms with Gasteiger partial charge in [0.25, 0.3) is 0 Å². The second-order valence-corrected chi connectivity index (χ2v) is 4.75. The molecule has 1 atom stereocenters. The summed E-state index contributed by atoms with van der Waals surface area (Å²) in [5.74, 6) is -1.32. The van der Waals surface area contributed by atoms with Crippen molar-refractivity contribution in [2.24, 2.45) is 0 Å². The van der Waals surface area contributed by atoms with Crippen LogP contribution in [0, 0.1) is 11.3 Å². The van der Waals surface area contributed by atoms with Gasteiger partial charge in [0.2, 0.25) is 5.60 Å². The molecule has 0 fully saturated rings. The highest BCUT2D eigenvalue weighted by atomic mass is 35.5. The topological polar surface area (TPSA) is 76.4 Å². The third-order valence-corrected chi connectivity index (χ3v) is 3.00. The third kappa shape index (κ3) is 4.07. The standard InChI is InChI=1S/C15H14ClNO4/c1-10(14(19)20-3)8-15(9-17,21-11(2)18)12-4-6-13(16)7-5-12/h4-7H,1,8H2,2-3H3. The van der Waals surface area contributed by atoms with E-state index in [4.69, 9.17) is 16.3 Å². The van der Waals surface area contributed by atoms with Crippen LogP contribution in [0.5, 0.6) is 0 Å². The fraction of sp³-hybridized carbons (Fsp3) is 0.267. The first-order chi connectivity index (χ1) is 9.84. The highest BCUT2D eigenvalue weighted by Crippen LogP contribution is 2.33. The van der Waals surface area contributed by atoms with Gasteiger partial charge in [0, 0.05) is 29.5 Å². The van der Waals surface area contributed by atoms with Gasteiger partial charge in [-0.2, -0.15) is 5.26 Å². The van der Waals surface area contributed by atoms with Gasteiger partial charge in [-0.3, -0.25) is 4.79 Å². The number of methoxy groups -OCH3 is 1. The van der Waals surface area contributed by atoms with Gasteiger partial charge in [-0.15, -0.1) is 0 Å². The lowest BCUT2D eigenvalue weighted by molar-refractivity contribution is -0.153. The lowest BCUT2D eigenvalue weighted by Crippen LogP contribution is -2.32. The van der Waals surface area contributed by atoms with Crippen LogP contribution < -0.4 is 0 Å². The third-order valence-electron chi connectivity index (χ3n) is 2.75. The zero-order valence-corrected chi connectivity index (χ0v) is 12.4. The zero-order valence-electron chi connectivity index (χ0n) is 11.7. The Bertz CT molecular complexity index is 603. The van der Waals surface area contributed by atoms with Crippen molar-refractivity contribution in [3.63, 3.8) is 0 Å². The van der Waals surface area contributed by atoms with Gasteiger partial charge in [0.15, 0.2) is 0 Å². The fourth-order valence-corrected chi connectivity index (χ4v) is 1.93. The molecule has 0 aromatic heterocycles. The minimum Gasteiger partial charge on any atom is -0.466 e. The highest BCUT2D eigenvalue weighted by molar-refractivity contribution is 6.30. The lowest BCUT2D eigenvalue weighted by Gasteiger charge is -2.27. The quantitative estimate of drug-likeness (QED) is 0.617. The lowest BCUT2D eigenvalue weighted by atomic mass is 9.88. The maximum absolute atomic E-state index is 11.5. The van der Waals surface area contributed by atoms with Crippen molar-refractivity contribution in [2.75, 3.05) is 7.11 Å². The van der Waals surface area contributed by atoms with Crippen molar-refractivity contribution >= 4 is 23.5 Å². The van der Waals surface area contributed by atoms with Crippen LogP contribution in [-0.2, 0) is 24.7 Å². The molecule has 1 rings (SSSR count). The summed E-state index contributed by atoms with van der Waals surface area (Å²) < 4.78 is 9.72. The first kappa shape index (κ1) is 16.7. The molecule has 0 aliphatic carbocycles. The van der Waals surface area contributed by atoms with Crippen molar-refractivity contribution in [3.8, 4) is 6.07 Å². The van der Waals surface area contributed by atoms with Gasteiger partial charge in [-0.25, -0.2) is 4.79 Å². The number of nitriles is 1. The second kappa shape index (κ2) is 6.91. The first-order valence-electron chi connectivity index (χ1n) is 5.97. The summed E-state index contributed by atoms with van der Waals surface area (Å²) in [6.45, 7) is 4.75. The van der Waals surface area contributed by atoms with Crippen LogP contribution in [0.2, 0.25) is 5.02 Å². The molecule has 0 amide bonds. The van der Waals surface area contributed by atoms with Crippen LogP contribution >= 0.6 is 11.6 Å². The summed E-state index contributed by atoms with van der Waals surface area (Å²) in [7, 11) is 1.20. The number of ether oxygens (including phenoxy) is 2. The molecule has 1 aromatic carbocycles. The van der Waals surface area contributed by atoms with Crippen LogP contribution in [0.1, 0.15) is 18.9 Å². The molecule has 110 valence electrons. The SMILES string of the molecule is C=C(CC(C#N)(OC(C)=O)c1ccc(Cl)cc1)C(=O)OC. The highest BCUT2D eigenvalue weighted by Gasteiger charge is 2.38. The Hall–Kier alpha value is -2.32. The van der Waals surface area contributed by atoms with E-state index in [-0.39, 0.29) is 12.0 Å². The monoisotopic (exact) mass is 307 g/mol. The van der Waals surface area contributed by atoms with Crippen molar-refractivity contribution in [3.05, 3.63) is 47.0 Å². The Kier molecular flexibility index (Phi) is 5.51. The molecule has 0 heterocycles. The maximum atomic E-state index is 11.5. The van der Waals surface area contributed by atoms with E-state index in [2.05, 4.69) is 11.3 Å². The number of carbonyl (C=O) groups is 2. The number of hydrogen-bond donors (Lipinski definition) is 0. The van der Waals surface area contributed by atoms with E-state index in [1.165, 1.54) is 14.0 Å². The van der Waals surface area contributed by atoms with E-state index in [9.17, 15) is 14.9 Å². The molecule has 0 N–H and O–H groups in total. The van der Waals surface area contributed by atoms with Gasteiger partial charge in [-0.05, 0) is 12.1 Å². The van der Waals surface area contributed by atoms with Crippen LogP contribution in [0.15, 0.2) is 36.4 Å². The van der Waals surface area contributed by atoms with Crippen LogP contribution in [0.25, 0.3) is 0 Å². The summed E-state index contributed by atoms with van der Waals surface area (Å²) >= 11 is 5.81. The molecular weight excluding hydrogens is 294 g/mol. The molecule has 0 spiro atoms. The predicted molar refractivity (Wildman–Crippen MR) is 76.3 cm³/mol. The molecule has 0 saturated carbocycles. The van der Waals surface area contributed by atoms with Crippen molar-refractivity contribution < 1.29 is 19.1 Å². The number of carbonyl (C=O) groups excluding carboxylic acids is 2. The van der Waals surface area contributed by atoms with Gasteiger partial charge in [-0.1, -0.05) is 30.3 Å². The molecule has 0 bridgehead atoms. The summed E-state index contributed by atoms with van der Waals surface area (Å²) in [6, 6.07) is 8.17. The fourth-order valence-electron chi connectivity index (χ4n) is 1.81. The van der Waals surface area contributed by atoms with E-state index in [1.807, 2.05) is 6.07 Å². The van der Waals surface area contributed by atoms with Crippen LogP contribution in [-0.4, -0.2) is 19.0 Å². The molecule has 0 radical (unpaired) electrons. The molecule has 1 unspecified atom stereocenters. The molecule has 21 heavy (non-hydrogen) atoms. The van der Waals surface area contributed by atoms with E-state index in [0.29, 0.717) is 10.6 Å². The minimum absolute atomic E-state index is 0.0234. The van der Waals surface area contributed by atoms with E-state index in [1.54, 1.807) is 24.3 Å². The number of halogens is 1. The Morgan fingerprint density at radius 2 is 1.95 bits per heavy atom. The molecule has 6 heteroatoms. The summed E-state index contributed by atoms with van der Waals surface area (Å²) in [5, 5.41) is 9.97. The smallest absolute Gasteiger partial charge is 0.333 e. The second-order valence-electron chi connectivity index (χ2n) is 4.31. The number of hydrogen-bond acceptors (Lipinski definition) is 5. The molecule has 0 aliphatic rings. The maximum Gasteiger partial charge on any atom is 0.333 e. The Balaban J connectivity index is 3.25. The van der Waals surface area contributed by atoms with Crippen molar-refractivity contribution in [1.82, 2.24) is 0 Å². The number of benzene rings is 1. The van der Waals surface area contributed by atoms with Gasteiger partial charge >= 0.3 is 11.9 Å².